The lowest BCUT2D eigenvalue weighted by Gasteiger charge is -2.29. The predicted octanol–water partition coefficient (Wildman–Crippen LogP) is 3.58. The minimum absolute atomic E-state index is 0.0344. The predicted molar refractivity (Wildman–Crippen MR) is 82.5 cm³/mol. The van der Waals surface area contributed by atoms with Crippen LogP contribution in [0.5, 0.6) is 0 Å². The van der Waals surface area contributed by atoms with E-state index in [4.69, 9.17) is 5.73 Å². The Kier molecular flexibility index (Phi) is 4.40. The van der Waals surface area contributed by atoms with Crippen LogP contribution in [-0.2, 0) is 0 Å². The zero-order chi connectivity index (χ0) is 14.7. The van der Waals surface area contributed by atoms with Crippen LogP contribution >= 0.6 is 0 Å². The number of likely N-dealkylation sites (N-methyl/N-ethyl adjacent to an activating group) is 1. The lowest BCUT2D eigenvalue weighted by Crippen LogP contribution is -2.30. The molecule has 0 saturated carbocycles. The van der Waals surface area contributed by atoms with Crippen LogP contribution in [0.2, 0.25) is 0 Å². The second-order valence-electron chi connectivity index (χ2n) is 5.21. The molecule has 2 aromatic carbocycles. The summed E-state index contributed by atoms with van der Waals surface area (Å²) >= 11 is 0. The van der Waals surface area contributed by atoms with E-state index in [1.165, 1.54) is 5.56 Å². The van der Waals surface area contributed by atoms with E-state index < -0.39 is 0 Å². The molecule has 1 unspecified atom stereocenters. The normalized spacial score (nSPS) is 12.2. The third kappa shape index (κ3) is 2.99. The monoisotopic (exact) mass is 272 g/mol. The summed E-state index contributed by atoms with van der Waals surface area (Å²) in [6.07, 6.45) is 0. The van der Waals surface area contributed by atoms with Gasteiger partial charge in [0.25, 0.3) is 0 Å². The Balaban J connectivity index is 2.31. The van der Waals surface area contributed by atoms with E-state index in [-0.39, 0.29) is 11.9 Å². The highest BCUT2D eigenvalue weighted by molar-refractivity contribution is 5.49. The number of benzene rings is 2. The van der Waals surface area contributed by atoms with Crippen molar-refractivity contribution in [3.05, 3.63) is 65.0 Å². The summed E-state index contributed by atoms with van der Waals surface area (Å²) in [5.41, 5.74) is 9.75. The Labute approximate surface area is 120 Å². The number of hydrogen-bond acceptors (Lipinski definition) is 2. The van der Waals surface area contributed by atoms with Gasteiger partial charge in [-0.15, -0.1) is 0 Å². The Hall–Kier alpha value is -1.87. The number of nitrogens with zero attached hydrogens (tertiary/aromatic N) is 1. The number of aryl methyl sites for hydroxylation is 2. The molecule has 1 atom stereocenters. The van der Waals surface area contributed by atoms with Crippen molar-refractivity contribution in [3.63, 3.8) is 0 Å². The number of rotatable bonds is 4. The van der Waals surface area contributed by atoms with Crippen molar-refractivity contribution in [2.24, 2.45) is 5.73 Å². The molecule has 0 heterocycles. The van der Waals surface area contributed by atoms with Crippen LogP contribution in [0, 0.1) is 19.7 Å². The SMILES string of the molecule is Cc1ccc(N(C)C(CN)c2ccc(C)c(F)c2)cc1. The van der Waals surface area contributed by atoms with Crippen LogP contribution in [0.4, 0.5) is 10.1 Å². The fraction of sp³-hybridized carbons (Fsp3) is 0.294. The number of anilines is 1. The maximum absolute atomic E-state index is 13.7. The molecule has 0 saturated heterocycles. The molecule has 0 aliphatic rings. The Morgan fingerprint density at radius 2 is 1.75 bits per heavy atom. The van der Waals surface area contributed by atoms with Crippen molar-refractivity contribution < 1.29 is 4.39 Å². The van der Waals surface area contributed by atoms with Gasteiger partial charge in [-0.2, -0.15) is 0 Å². The van der Waals surface area contributed by atoms with E-state index >= 15 is 0 Å². The molecule has 20 heavy (non-hydrogen) atoms. The minimum atomic E-state index is -0.182. The van der Waals surface area contributed by atoms with Gasteiger partial charge in [0.15, 0.2) is 0 Å². The average molecular weight is 272 g/mol. The van der Waals surface area contributed by atoms with Crippen molar-refractivity contribution in [1.29, 1.82) is 0 Å². The van der Waals surface area contributed by atoms with Gasteiger partial charge in [0, 0.05) is 19.3 Å². The Morgan fingerprint density at radius 1 is 1.10 bits per heavy atom. The van der Waals surface area contributed by atoms with Crippen LogP contribution in [0.15, 0.2) is 42.5 Å². The summed E-state index contributed by atoms with van der Waals surface area (Å²) in [6, 6.07) is 13.5. The van der Waals surface area contributed by atoms with E-state index in [2.05, 4.69) is 36.1 Å². The lowest BCUT2D eigenvalue weighted by atomic mass is 10.0. The molecule has 0 aromatic heterocycles. The summed E-state index contributed by atoms with van der Waals surface area (Å²) in [5, 5.41) is 0. The third-order valence-corrected chi connectivity index (χ3v) is 3.71. The molecule has 3 heteroatoms. The lowest BCUT2D eigenvalue weighted by molar-refractivity contribution is 0.607. The number of hydrogen-bond donors (Lipinski definition) is 1. The maximum atomic E-state index is 13.7. The van der Waals surface area contributed by atoms with Gasteiger partial charge in [-0.3, -0.25) is 0 Å². The van der Waals surface area contributed by atoms with Gasteiger partial charge < -0.3 is 10.6 Å². The highest BCUT2D eigenvalue weighted by Crippen LogP contribution is 2.26. The van der Waals surface area contributed by atoms with E-state index in [9.17, 15) is 4.39 Å². The van der Waals surface area contributed by atoms with Crippen LogP contribution in [0.3, 0.4) is 0 Å². The van der Waals surface area contributed by atoms with Gasteiger partial charge in [-0.1, -0.05) is 29.8 Å². The topological polar surface area (TPSA) is 29.3 Å². The van der Waals surface area contributed by atoms with E-state index in [0.717, 1.165) is 11.3 Å². The molecule has 0 aliphatic heterocycles. The zero-order valence-electron chi connectivity index (χ0n) is 12.2. The first-order chi connectivity index (χ1) is 9.52. The number of halogens is 1. The Bertz CT molecular complexity index is 578. The average Bonchev–Trinajstić information content (AvgIpc) is 2.44. The molecule has 106 valence electrons. The standard InChI is InChI=1S/C17H21FN2/c1-12-4-8-15(9-5-12)20(3)17(11-19)14-7-6-13(2)16(18)10-14/h4-10,17H,11,19H2,1-3H3. The van der Waals surface area contributed by atoms with Gasteiger partial charge >= 0.3 is 0 Å². The van der Waals surface area contributed by atoms with Gasteiger partial charge in [0.05, 0.1) is 6.04 Å². The molecule has 0 amide bonds. The molecule has 0 aliphatic carbocycles. The molecule has 0 spiro atoms. The summed E-state index contributed by atoms with van der Waals surface area (Å²) in [6.45, 7) is 4.26. The van der Waals surface area contributed by atoms with Crippen molar-refractivity contribution in [2.45, 2.75) is 19.9 Å². The second-order valence-corrected chi connectivity index (χ2v) is 5.21. The minimum Gasteiger partial charge on any atom is -0.366 e. The zero-order valence-corrected chi connectivity index (χ0v) is 12.2. The van der Waals surface area contributed by atoms with Crippen molar-refractivity contribution in [3.8, 4) is 0 Å². The van der Waals surface area contributed by atoms with Gasteiger partial charge in [0.1, 0.15) is 5.82 Å². The maximum Gasteiger partial charge on any atom is 0.126 e. The van der Waals surface area contributed by atoms with Crippen LogP contribution in [0.1, 0.15) is 22.7 Å². The number of nitrogens with two attached hydrogens (primary N) is 1. The molecule has 2 aromatic rings. The summed E-state index contributed by atoms with van der Waals surface area (Å²) in [4.78, 5) is 2.09. The third-order valence-electron chi connectivity index (χ3n) is 3.71. The first-order valence-electron chi connectivity index (χ1n) is 6.78. The second kappa shape index (κ2) is 6.06. The van der Waals surface area contributed by atoms with Gasteiger partial charge in [-0.25, -0.2) is 4.39 Å². The van der Waals surface area contributed by atoms with E-state index in [1.807, 2.05) is 13.1 Å². The smallest absolute Gasteiger partial charge is 0.126 e. The first kappa shape index (κ1) is 14.5. The van der Waals surface area contributed by atoms with Crippen LogP contribution in [-0.4, -0.2) is 13.6 Å². The van der Waals surface area contributed by atoms with Crippen molar-refractivity contribution in [1.82, 2.24) is 0 Å². The Morgan fingerprint density at radius 3 is 2.30 bits per heavy atom. The quantitative estimate of drug-likeness (QED) is 0.921. The van der Waals surface area contributed by atoms with Gasteiger partial charge in [-0.05, 0) is 43.2 Å². The summed E-state index contributed by atoms with van der Waals surface area (Å²) < 4.78 is 13.7. The molecule has 2 N–H and O–H groups in total. The molecule has 0 radical (unpaired) electrons. The largest absolute Gasteiger partial charge is 0.366 e. The molecular formula is C17H21FN2. The van der Waals surface area contributed by atoms with Crippen LogP contribution in [0.25, 0.3) is 0 Å². The molecule has 0 bridgehead atoms. The highest BCUT2D eigenvalue weighted by atomic mass is 19.1. The fourth-order valence-electron chi connectivity index (χ4n) is 2.29. The molecule has 2 rings (SSSR count). The summed E-state index contributed by atoms with van der Waals surface area (Å²) in [7, 11) is 1.99. The van der Waals surface area contributed by atoms with Gasteiger partial charge in [0.2, 0.25) is 0 Å². The molecular weight excluding hydrogens is 251 g/mol. The fourth-order valence-corrected chi connectivity index (χ4v) is 2.29. The van der Waals surface area contributed by atoms with Crippen molar-refractivity contribution >= 4 is 5.69 Å². The highest BCUT2D eigenvalue weighted by Gasteiger charge is 2.17. The molecule has 2 nitrogen and oxygen atoms in total. The first-order valence-corrected chi connectivity index (χ1v) is 6.78. The summed E-state index contributed by atoms with van der Waals surface area (Å²) in [5.74, 6) is -0.182. The van der Waals surface area contributed by atoms with E-state index in [0.29, 0.717) is 12.1 Å². The van der Waals surface area contributed by atoms with Crippen molar-refractivity contribution in [2.75, 3.05) is 18.5 Å². The van der Waals surface area contributed by atoms with Crippen LogP contribution < -0.4 is 10.6 Å². The van der Waals surface area contributed by atoms with E-state index in [1.54, 1.807) is 19.1 Å². The molecule has 0 fully saturated rings.